The molecule has 1 fully saturated rings. The zero-order chi connectivity index (χ0) is 21.1. The summed E-state index contributed by atoms with van der Waals surface area (Å²) in [5.41, 5.74) is 2.09. The molecule has 0 aliphatic carbocycles. The minimum Gasteiger partial charge on any atom is -0.497 e. The molecule has 6 nitrogen and oxygen atoms in total. The van der Waals surface area contributed by atoms with E-state index in [1.165, 1.54) is 0 Å². The van der Waals surface area contributed by atoms with Crippen molar-refractivity contribution in [1.82, 2.24) is 14.8 Å². The van der Waals surface area contributed by atoms with E-state index >= 15 is 0 Å². The third-order valence-electron chi connectivity index (χ3n) is 5.47. The molecule has 0 bridgehead atoms. The van der Waals surface area contributed by atoms with Crippen molar-refractivity contribution in [3.63, 3.8) is 0 Å². The number of nitriles is 1. The van der Waals surface area contributed by atoms with Crippen LogP contribution in [0, 0.1) is 11.3 Å². The van der Waals surface area contributed by atoms with Crippen LogP contribution in [0.4, 0.5) is 0 Å². The normalized spacial score (nSPS) is 15.6. The number of amides is 1. The summed E-state index contributed by atoms with van der Waals surface area (Å²) in [5, 5.41) is 11.1. The highest BCUT2D eigenvalue weighted by atomic mass is 35.5. The number of nitrogens with zero attached hydrogens (tertiary/aromatic N) is 4. The Balaban J connectivity index is 1.48. The third-order valence-corrected chi connectivity index (χ3v) is 5.80. The highest BCUT2D eigenvalue weighted by Crippen LogP contribution is 2.27. The molecule has 1 aromatic heterocycles. The van der Waals surface area contributed by atoms with Crippen molar-refractivity contribution in [2.45, 2.75) is 6.04 Å². The van der Waals surface area contributed by atoms with Crippen LogP contribution in [0.3, 0.4) is 0 Å². The molecule has 1 atom stereocenters. The van der Waals surface area contributed by atoms with Crippen LogP contribution in [0.2, 0.25) is 5.02 Å². The number of hydrogen-bond donors (Lipinski definition) is 0. The Morgan fingerprint density at radius 2 is 1.87 bits per heavy atom. The molecule has 4 rings (SSSR count). The average molecular weight is 421 g/mol. The Kier molecular flexibility index (Phi) is 5.84. The Morgan fingerprint density at radius 1 is 1.13 bits per heavy atom. The zero-order valence-electron chi connectivity index (χ0n) is 16.6. The fourth-order valence-electron chi connectivity index (χ4n) is 3.82. The van der Waals surface area contributed by atoms with Gasteiger partial charge >= 0.3 is 0 Å². The highest BCUT2D eigenvalue weighted by molar-refractivity contribution is 6.36. The number of halogens is 1. The average Bonchev–Trinajstić information content (AvgIpc) is 2.80. The van der Waals surface area contributed by atoms with Crippen LogP contribution in [0.15, 0.2) is 54.7 Å². The van der Waals surface area contributed by atoms with Crippen molar-refractivity contribution in [3.8, 4) is 11.8 Å². The first-order chi connectivity index (χ1) is 14.6. The van der Waals surface area contributed by atoms with Crippen LogP contribution in [-0.2, 0) is 0 Å². The van der Waals surface area contributed by atoms with E-state index in [1.807, 2.05) is 41.3 Å². The van der Waals surface area contributed by atoms with Gasteiger partial charge in [-0.3, -0.25) is 14.7 Å². The summed E-state index contributed by atoms with van der Waals surface area (Å²) in [6.07, 6.45) is 1.67. The summed E-state index contributed by atoms with van der Waals surface area (Å²) < 4.78 is 5.19. The van der Waals surface area contributed by atoms with Gasteiger partial charge in [0.25, 0.3) is 5.91 Å². The number of ether oxygens (including phenoxy) is 1. The number of benzene rings is 2. The first-order valence-corrected chi connectivity index (χ1v) is 10.1. The number of aromatic nitrogens is 1. The highest BCUT2D eigenvalue weighted by Gasteiger charge is 2.28. The second-order valence-corrected chi connectivity index (χ2v) is 7.53. The summed E-state index contributed by atoms with van der Waals surface area (Å²) >= 11 is 6.26. The molecule has 0 saturated carbocycles. The monoisotopic (exact) mass is 420 g/mol. The summed E-state index contributed by atoms with van der Waals surface area (Å²) in [5.74, 6) is 0.697. The van der Waals surface area contributed by atoms with Crippen molar-refractivity contribution >= 4 is 28.4 Å². The van der Waals surface area contributed by atoms with Gasteiger partial charge in [-0.1, -0.05) is 23.7 Å². The van der Waals surface area contributed by atoms with Gasteiger partial charge < -0.3 is 9.64 Å². The number of rotatable bonds is 4. The maximum Gasteiger partial charge on any atom is 0.256 e. The van der Waals surface area contributed by atoms with Crippen LogP contribution in [0.1, 0.15) is 22.0 Å². The van der Waals surface area contributed by atoms with Crippen LogP contribution >= 0.6 is 11.6 Å². The quantitative estimate of drug-likeness (QED) is 0.639. The van der Waals surface area contributed by atoms with Gasteiger partial charge in [0, 0.05) is 37.8 Å². The van der Waals surface area contributed by atoms with Crippen LogP contribution in [0.25, 0.3) is 10.9 Å². The van der Waals surface area contributed by atoms with Gasteiger partial charge in [-0.05, 0) is 42.0 Å². The van der Waals surface area contributed by atoms with E-state index in [1.54, 1.807) is 25.4 Å². The molecule has 30 heavy (non-hydrogen) atoms. The van der Waals surface area contributed by atoms with Crippen LogP contribution in [0.5, 0.6) is 5.75 Å². The fraction of sp³-hybridized carbons (Fsp3) is 0.261. The van der Waals surface area contributed by atoms with E-state index in [9.17, 15) is 10.1 Å². The van der Waals surface area contributed by atoms with Gasteiger partial charge in [0.15, 0.2) is 0 Å². The van der Waals surface area contributed by atoms with Crippen molar-refractivity contribution in [2.24, 2.45) is 0 Å². The molecule has 0 spiro atoms. The smallest absolute Gasteiger partial charge is 0.256 e. The molecule has 2 aromatic carbocycles. The molecule has 0 radical (unpaired) electrons. The fourth-order valence-corrected chi connectivity index (χ4v) is 4.03. The molecule has 0 N–H and O–H groups in total. The second-order valence-electron chi connectivity index (χ2n) is 7.13. The van der Waals surface area contributed by atoms with Crippen molar-refractivity contribution in [2.75, 3.05) is 33.3 Å². The first kappa shape index (κ1) is 20.1. The lowest BCUT2D eigenvalue weighted by Crippen LogP contribution is -2.49. The summed E-state index contributed by atoms with van der Waals surface area (Å²) in [7, 11) is 1.62. The van der Waals surface area contributed by atoms with Crippen molar-refractivity contribution in [1.29, 1.82) is 5.26 Å². The molecular weight excluding hydrogens is 400 g/mol. The summed E-state index contributed by atoms with van der Waals surface area (Å²) in [4.78, 5) is 21.4. The molecule has 2 heterocycles. The molecule has 1 saturated heterocycles. The molecule has 1 aliphatic heterocycles. The lowest BCUT2D eigenvalue weighted by molar-refractivity contribution is 0.0608. The van der Waals surface area contributed by atoms with Gasteiger partial charge in [-0.15, -0.1) is 0 Å². The van der Waals surface area contributed by atoms with E-state index in [4.69, 9.17) is 16.3 Å². The first-order valence-electron chi connectivity index (χ1n) is 9.72. The predicted molar refractivity (Wildman–Crippen MR) is 116 cm³/mol. The Labute approximate surface area is 180 Å². The standard InChI is InChI=1S/C23H21ClN4O2/c1-30-17-6-4-16(5-7-17)21(15-25)27-11-13-28(14-12-27)23(29)19-8-9-20(24)18-3-2-10-26-22(18)19/h2-10,21H,11-14H2,1H3. The Hall–Kier alpha value is -3.14. The minimum atomic E-state index is -0.355. The van der Waals surface area contributed by atoms with Gasteiger partial charge in [-0.2, -0.15) is 5.26 Å². The van der Waals surface area contributed by atoms with Crippen molar-refractivity contribution < 1.29 is 9.53 Å². The van der Waals surface area contributed by atoms with E-state index in [0.29, 0.717) is 42.3 Å². The largest absolute Gasteiger partial charge is 0.497 e. The predicted octanol–water partition coefficient (Wildman–Crippen LogP) is 3.92. The van der Waals surface area contributed by atoms with Gasteiger partial charge in [0.1, 0.15) is 11.8 Å². The third kappa shape index (κ3) is 3.82. The number of carbonyl (C=O) groups is 1. The van der Waals surface area contributed by atoms with Crippen LogP contribution < -0.4 is 4.74 Å². The lowest BCUT2D eigenvalue weighted by Gasteiger charge is -2.37. The van der Waals surface area contributed by atoms with E-state index in [2.05, 4.69) is 16.0 Å². The Morgan fingerprint density at radius 3 is 2.53 bits per heavy atom. The second kappa shape index (κ2) is 8.70. The minimum absolute atomic E-state index is 0.0621. The lowest BCUT2D eigenvalue weighted by atomic mass is 10.0. The maximum atomic E-state index is 13.2. The van der Waals surface area contributed by atoms with Crippen molar-refractivity contribution in [3.05, 3.63) is 70.9 Å². The number of pyridine rings is 1. The molecule has 1 unspecified atom stereocenters. The topological polar surface area (TPSA) is 69.5 Å². The summed E-state index contributed by atoms with van der Waals surface area (Å²) in [6.45, 7) is 2.33. The van der Waals surface area contributed by atoms with Gasteiger partial charge in [0.2, 0.25) is 0 Å². The van der Waals surface area contributed by atoms with E-state index in [0.717, 1.165) is 16.7 Å². The molecule has 1 aliphatic rings. The number of piperazine rings is 1. The van der Waals surface area contributed by atoms with E-state index < -0.39 is 0 Å². The molecular formula is C23H21ClN4O2. The van der Waals surface area contributed by atoms with Gasteiger partial charge in [-0.25, -0.2) is 0 Å². The molecule has 3 aromatic rings. The molecule has 152 valence electrons. The summed E-state index contributed by atoms with van der Waals surface area (Å²) in [6, 6.07) is 16.7. The molecule has 1 amide bonds. The Bertz CT molecular complexity index is 1100. The number of fused-ring (bicyclic) bond motifs is 1. The van der Waals surface area contributed by atoms with Crippen LogP contribution in [-0.4, -0.2) is 54.0 Å². The maximum absolute atomic E-state index is 13.2. The SMILES string of the molecule is COc1ccc(C(C#N)N2CCN(C(=O)c3ccc(Cl)c4cccnc34)CC2)cc1. The molecule has 7 heteroatoms. The number of methoxy groups -OCH3 is 1. The number of carbonyl (C=O) groups excluding carboxylic acids is 1. The zero-order valence-corrected chi connectivity index (χ0v) is 17.3. The number of hydrogen-bond acceptors (Lipinski definition) is 5. The van der Waals surface area contributed by atoms with Gasteiger partial charge in [0.05, 0.1) is 29.3 Å². The van der Waals surface area contributed by atoms with E-state index in [-0.39, 0.29) is 11.9 Å².